The Kier molecular flexibility index (Phi) is 3.61. The molecular formula is C12H17NO2S. The lowest BCUT2D eigenvalue weighted by Gasteiger charge is -2.10. The van der Waals surface area contributed by atoms with Crippen molar-refractivity contribution < 1.29 is 9.53 Å². The highest BCUT2D eigenvalue weighted by molar-refractivity contribution is 7.12. The van der Waals surface area contributed by atoms with Gasteiger partial charge in [0.25, 0.3) is 0 Å². The topological polar surface area (TPSA) is 38.3 Å². The molecule has 0 radical (unpaired) electrons. The number of methoxy groups -OCH3 is 1. The van der Waals surface area contributed by atoms with Crippen molar-refractivity contribution in [3.63, 3.8) is 0 Å². The molecule has 0 spiro atoms. The van der Waals surface area contributed by atoms with Crippen LogP contribution in [-0.4, -0.2) is 19.1 Å². The summed E-state index contributed by atoms with van der Waals surface area (Å²) < 4.78 is 4.66. The molecule has 88 valence electrons. The van der Waals surface area contributed by atoms with E-state index in [0.717, 1.165) is 6.54 Å². The zero-order valence-corrected chi connectivity index (χ0v) is 10.5. The van der Waals surface area contributed by atoms with Gasteiger partial charge in [-0.3, -0.25) is 10.1 Å². The molecule has 0 saturated carbocycles. The summed E-state index contributed by atoms with van der Waals surface area (Å²) in [5.74, 6) is -0.205. The van der Waals surface area contributed by atoms with E-state index in [9.17, 15) is 4.79 Å². The first-order valence-electron chi connectivity index (χ1n) is 5.62. The molecule has 1 N–H and O–H groups in total. The number of carbonyl (C=O) groups is 1. The molecule has 1 heterocycles. The zero-order chi connectivity index (χ0) is 11.5. The maximum atomic E-state index is 11.2. The van der Waals surface area contributed by atoms with E-state index >= 15 is 0 Å². The molecule has 3 nitrogen and oxygen atoms in total. The Labute approximate surface area is 99.8 Å². The Hall–Kier alpha value is -0.870. The quantitative estimate of drug-likeness (QED) is 0.815. The van der Waals surface area contributed by atoms with Crippen LogP contribution in [0.1, 0.15) is 28.7 Å². The lowest BCUT2D eigenvalue weighted by atomic mass is 10.2. The van der Waals surface area contributed by atoms with Gasteiger partial charge in [-0.15, -0.1) is 11.3 Å². The van der Waals surface area contributed by atoms with Gasteiger partial charge in [-0.2, -0.15) is 0 Å². The van der Waals surface area contributed by atoms with E-state index in [-0.39, 0.29) is 12.0 Å². The van der Waals surface area contributed by atoms with Crippen LogP contribution in [0.4, 0.5) is 0 Å². The van der Waals surface area contributed by atoms with Gasteiger partial charge in [0.05, 0.1) is 7.11 Å². The highest BCUT2D eigenvalue weighted by Gasteiger charge is 2.16. The summed E-state index contributed by atoms with van der Waals surface area (Å²) in [6.07, 6.45) is 3.75. The van der Waals surface area contributed by atoms with Crippen molar-refractivity contribution in [1.29, 1.82) is 0 Å². The third-order valence-electron chi connectivity index (χ3n) is 2.93. The van der Waals surface area contributed by atoms with Gasteiger partial charge in [0, 0.05) is 16.3 Å². The molecule has 1 aromatic rings. The fraction of sp³-hybridized carbons (Fsp3) is 0.583. The minimum atomic E-state index is -0.234. The van der Waals surface area contributed by atoms with Crippen molar-refractivity contribution in [2.45, 2.75) is 38.8 Å². The number of aryl methyl sites for hydroxylation is 2. The molecule has 0 saturated heterocycles. The summed E-state index contributed by atoms with van der Waals surface area (Å²) in [5.41, 5.74) is 1.51. The summed E-state index contributed by atoms with van der Waals surface area (Å²) >= 11 is 1.87. The summed E-state index contributed by atoms with van der Waals surface area (Å²) in [7, 11) is 1.42. The number of thiophene rings is 1. The van der Waals surface area contributed by atoms with Crippen LogP contribution in [0, 0.1) is 0 Å². The predicted octanol–water partition coefficient (Wildman–Crippen LogP) is 1.89. The smallest absolute Gasteiger partial charge is 0.322 e. The fourth-order valence-corrected chi connectivity index (χ4v) is 3.20. The molecule has 0 fully saturated rings. The lowest BCUT2D eigenvalue weighted by Crippen LogP contribution is -2.34. The second-order valence-corrected chi connectivity index (χ2v) is 5.36. The molecule has 2 rings (SSSR count). The Morgan fingerprint density at radius 2 is 2.44 bits per heavy atom. The molecule has 1 aromatic heterocycles. The average Bonchev–Trinajstić information content (AvgIpc) is 2.84. The second kappa shape index (κ2) is 4.97. The van der Waals surface area contributed by atoms with Crippen LogP contribution in [0.3, 0.4) is 0 Å². The minimum Gasteiger partial charge on any atom is -0.468 e. The molecule has 4 heteroatoms. The first-order chi connectivity index (χ1) is 7.70. The Morgan fingerprint density at radius 1 is 1.62 bits per heavy atom. The number of carbonyl (C=O) groups excluding carboxylic acids is 1. The van der Waals surface area contributed by atoms with Gasteiger partial charge in [-0.1, -0.05) is 0 Å². The van der Waals surface area contributed by atoms with E-state index in [1.807, 2.05) is 18.3 Å². The molecule has 16 heavy (non-hydrogen) atoms. The van der Waals surface area contributed by atoms with Crippen molar-refractivity contribution >= 4 is 17.3 Å². The van der Waals surface area contributed by atoms with Crippen LogP contribution in [0.5, 0.6) is 0 Å². The van der Waals surface area contributed by atoms with Crippen LogP contribution in [0.15, 0.2) is 6.07 Å². The molecule has 1 aliphatic carbocycles. The third kappa shape index (κ3) is 2.44. The average molecular weight is 239 g/mol. The molecule has 1 unspecified atom stereocenters. The summed E-state index contributed by atoms with van der Waals surface area (Å²) in [4.78, 5) is 14.0. The van der Waals surface area contributed by atoms with E-state index in [1.165, 1.54) is 41.7 Å². The fourth-order valence-electron chi connectivity index (χ4n) is 1.99. The number of ether oxygens (including phenoxy) is 1. The SMILES string of the molecule is COC(=O)C(C)NCc1cc2c(s1)CCC2. The first kappa shape index (κ1) is 11.6. The Bertz CT molecular complexity index is 365. The van der Waals surface area contributed by atoms with Gasteiger partial charge in [0.1, 0.15) is 6.04 Å². The molecule has 1 atom stereocenters. The molecule has 1 aliphatic rings. The largest absolute Gasteiger partial charge is 0.468 e. The van der Waals surface area contributed by atoms with E-state index in [2.05, 4.69) is 16.1 Å². The maximum Gasteiger partial charge on any atom is 0.322 e. The van der Waals surface area contributed by atoms with E-state index < -0.39 is 0 Å². The summed E-state index contributed by atoms with van der Waals surface area (Å²) in [5, 5.41) is 3.17. The third-order valence-corrected chi connectivity index (χ3v) is 4.17. The normalized spacial score (nSPS) is 15.9. The van der Waals surface area contributed by atoms with Crippen molar-refractivity contribution in [2.24, 2.45) is 0 Å². The number of fused-ring (bicyclic) bond motifs is 1. The molecular weight excluding hydrogens is 222 g/mol. The van der Waals surface area contributed by atoms with Gasteiger partial charge in [-0.05, 0) is 37.8 Å². The summed E-state index contributed by atoms with van der Waals surface area (Å²) in [6, 6.07) is 2.03. The standard InChI is InChI=1S/C12H17NO2S/c1-8(12(14)15-2)13-7-10-6-9-4-3-5-11(9)16-10/h6,8,13H,3-5,7H2,1-2H3. The lowest BCUT2D eigenvalue weighted by molar-refractivity contribution is -0.142. The number of hydrogen-bond donors (Lipinski definition) is 1. The first-order valence-corrected chi connectivity index (χ1v) is 6.44. The molecule has 0 bridgehead atoms. The van der Waals surface area contributed by atoms with Gasteiger partial charge < -0.3 is 4.74 Å². The summed E-state index contributed by atoms with van der Waals surface area (Å²) in [6.45, 7) is 2.58. The van der Waals surface area contributed by atoms with Crippen LogP contribution in [0.2, 0.25) is 0 Å². The number of esters is 1. The highest BCUT2D eigenvalue weighted by Crippen LogP contribution is 2.30. The Morgan fingerprint density at radius 3 is 3.12 bits per heavy atom. The van der Waals surface area contributed by atoms with Crippen molar-refractivity contribution in [3.8, 4) is 0 Å². The van der Waals surface area contributed by atoms with Gasteiger partial charge in [0.15, 0.2) is 0 Å². The van der Waals surface area contributed by atoms with E-state index in [0.29, 0.717) is 0 Å². The van der Waals surface area contributed by atoms with E-state index in [4.69, 9.17) is 0 Å². The maximum absolute atomic E-state index is 11.2. The highest BCUT2D eigenvalue weighted by atomic mass is 32.1. The van der Waals surface area contributed by atoms with E-state index in [1.54, 1.807) is 0 Å². The van der Waals surface area contributed by atoms with Crippen molar-refractivity contribution in [3.05, 3.63) is 21.4 Å². The number of nitrogens with one attached hydrogen (secondary N) is 1. The number of rotatable bonds is 4. The predicted molar refractivity (Wildman–Crippen MR) is 64.7 cm³/mol. The van der Waals surface area contributed by atoms with Gasteiger partial charge in [0.2, 0.25) is 0 Å². The monoisotopic (exact) mass is 239 g/mol. The van der Waals surface area contributed by atoms with Crippen LogP contribution in [0.25, 0.3) is 0 Å². The Balaban J connectivity index is 1.87. The molecule has 0 amide bonds. The van der Waals surface area contributed by atoms with Crippen molar-refractivity contribution in [2.75, 3.05) is 7.11 Å². The minimum absolute atomic E-state index is 0.205. The van der Waals surface area contributed by atoms with Crippen LogP contribution in [-0.2, 0) is 28.9 Å². The molecule has 0 aliphatic heterocycles. The molecule has 0 aromatic carbocycles. The zero-order valence-electron chi connectivity index (χ0n) is 9.71. The number of hydrogen-bond acceptors (Lipinski definition) is 4. The van der Waals surface area contributed by atoms with Crippen LogP contribution < -0.4 is 5.32 Å². The second-order valence-electron chi connectivity index (χ2n) is 4.14. The van der Waals surface area contributed by atoms with Gasteiger partial charge >= 0.3 is 5.97 Å². The van der Waals surface area contributed by atoms with Crippen molar-refractivity contribution in [1.82, 2.24) is 5.32 Å². The van der Waals surface area contributed by atoms with Crippen LogP contribution >= 0.6 is 11.3 Å². The van der Waals surface area contributed by atoms with Gasteiger partial charge in [-0.25, -0.2) is 0 Å².